The van der Waals surface area contributed by atoms with Crippen LogP contribution in [0.3, 0.4) is 0 Å². The summed E-state index contributed by atoms with van der Waals surface area (Å²) in [6.45, 7) is 6.04. The number of thiazole rings is 1. The van der Waals surface area contributed by atoms with Crippen molar-refractivity contribution in [2.24, 2.45) is 5.41 Å². The minimum atomic E-state index is -0.725. The van der Waals surface area contributed by atoms with Gasteiger partial charge in [0.25, 0.3) is 0 Å². The van der Waals surface area contributed by atoms with E-state index in [2.05, 4.69) is 58.7 Å². The zero-order valence-corrected chi connectivity index (χ0v) is 21.2. The largest absolute Gasteiger partial charge is 0.301 e. The average Bonchev–Trinajstić information content (AvgIpc) is 3.53. The number of nitrogens with one attached hydrogen (secondary N) is 1. The van der Waals surface area contributed by atoms with Crippen molar-refractivity contribution < 1.29 is 9.18 Å². The normalized spacial score (nSPS) is 12.6. The lowest BCUT2D eigenvalue weighted by Crippen LogP contribution is -2.37. The maximum absolute atomic E-state index is 13.5. The van der Waals surface area contributed by atoms with Gasteiger partial charge in [-0.2, -0.15) is 5.10 Å². The molecule has 1 amide bonds. The lowest BCUT2D eigenvalue weighted by Gasteiger charge is -2.33. The summed E-state index contributed by atoms with van der Waals surface area (Å²) in [7, 11) is 0. The van der Waals surface area contributed by atoms with Crippen LogP contribution in [0.4, 0.5) is 9.52 Å². The molecule has 0 saturated carbocycles. The van der Waals surface area contributed by atoms with Crippen molar-refractivity contribution in [1.29, 1.82) is 0 Å². The van der Waals surface area contributed by atoms with Gasteiger partial charge >= 0.3 is 0 Å². The third-order valence-corrected chi connectivity index (χ3v) is 7.42. The maximum atomic E-state index is 13.5. The minimum Gasteiger partial charge on any atom is -0.301 e. The number of aryl methyl sites for hydroxylation is 1. The van der Waals surface area contributed by atoms with Crippen molar-refractivity contribution in [3.05, 3.63) is 107 Å². The van der Waals surface area contributed by atoms with E-state index < -0.39 is 5.41 Å². The number of anilines is 1. The molecule has 2 heterocycles. The summed E-state index contributed by atoms with van der Waals surface area (Å²) in [5, 5.41) is 10.9. The third-order valence-electron chi connectivity index (χ3n) is 6.74. The highest BCUT2D eigenvalue weighted by atomic mass is 32.1. The molecule has 0 aliphatic rings. The van der Waals surface area contributed by atoms with Crippen LogP contribution in [0.25, 0.3) is 16.6 Å². The molecule has 0 aliphatic heterocycles. The molecule has 2 aromatic heterocycles. The van der Waals surface area contributed by atoms with E-state index in [1.54, 1.807) is 23.0 Å². The topological polar surface area (TPSA) is 59.8 Å². The van der Waals surface area contributed by atoms with Crippen LogP contribution in [0.15, 0.2) is 84.5 Å². The lowest BCUT2D eigenvalue weighted by molar-refractivity contribution is -0.125. The first-order valence-corrected chi connectivity index (χ1v) is 12.7. The molecule has 5 rings (SSSR count). The van der Waals surface area contributed by atoms with Crippen LogP contribution in [-0.4, -0.2) is 20.7 Å². The standard InChI is InChI=1S/C29H27FN4OS/c1-19-4-6-20(7-5-19)16-25(29(2,3)27(35)33-28-31-14-15-36-28)21-8-13-26-22(17-21)18-32-34(26)24-11-9-23(30)10-12-24/h4-15,17-18,25H,16H2,1-3H3,(H,31,33,35). The van der Waals surface area contributed by atoms with Gasteiger partial charge in [0.2, 0.25) is 5.91 Å². The SMILES string of the molecule is Cc1ccc(CC(c2ccc3c(cnn3-c3ccc(F)cc3)c2)C(C)(C)C(=O)Nc2nccs2)cc1. The fourth-order valence-corrected chi connectivity index (χ4v) is 5.03. The number of benzene rings is 3. The molecule has 1 unspecified atom stereocenters. The minimum absolute atomic E-state index is 0.0725. The number of amides is 1. The molecule has 0 spiro atoms. The van der Waals surface area contributed by atoms with Gasteiger partial charge in [0.1, 0.15) is 5.82 Å². The summed E-state index contributed by atoms with van der Waals surface area (Å²) in [6, 6.07) is 20.9. The number of carbonyl (C=O) groups excluding carboxylic acids is 1. The van der Waals surface area contributed by atoms with E-state index in [1.807, 2.05) is 31.5 Å². The Labute approximate surface area is 213 Å². The van der Waals surface area contributed by atoms with E-state index in [0.717, 1.165) is 22.2 Å². The van der Waals surface area contributed by atoms with Gasteiger partial charge in [-0.05, 0) is 60.9 Å². The van der Waals surface area contributed by atoms with Crippen molar-refractivity contribution >= 4 is 33.3 Å². The van der Waals surface area contributed by atoms with E-state index in [9.17, 15) is 9.18 Å². The van der Waals surface area contributed by atoms with Gasteiger partial charge in [-0.1, -0.05) is 49.7 Å². The summed E-state index contributed by atoms with van der Waals surface area (Å²) in [4.78, 5) is 17.7. The Morgan fingerprint density at radius 3 is 2.53 bits per heavy atom. The molecule has 36 heavy (non-hydrogen) atoms. The van der Waals surface area contributed by atoms with Crippen molar-refractivity contribution in [3.63, 3.8) is 0 Å². The van der Waals surface area contributed by atoms with E-state index in [0.29, 0.717) is 11.6 Å². The Kier molecular flexibility index (Phi) is 6.41. The Morgan fingerprint density at radius 1 is 1.08 bits per heavy atom. The summed E-state index contributed by atoms with van der Waals surface area (Å²) >= 11 is 1.41. The first-order chi connectivity index (χ1) is 17.3. The molecule has 0 fully saturated rings. The molecule has 182 valence electrons. The lowest BCUT2D eigenvalue weighted by atomic mass is 9.71. The second-order valence-corrected chi connectivity index (χ2v) is 10.5. The van der Waals surface area contributed by atoms with Crippen molar-refractivity contribution in [1.82, 2.24) is 14.8 Å². The van der Waals surface area contributed by atoms with Gasteiger partial charge in [0, 0.05) is 22.9 Å². The Balaban J connectivity index is 1.53. The molecule has 1 atom stereocenters. The van der Waals surface area contributed by atoms with Gasteiger partial charge in [0.15, 0.2) is 5.13 Å². The quantitative estimate of drug-likeness (QED) is 0.265. The zero-order chi connectivity index (χ0) is 25.3. The van der Waals surface area contributed by atoms with Gasteiger partial charge < -0.3 is 5.32 Å². The molecule has 0 radical (unpaired) electrons. The number of nitrogens with zero attached hydrogens (tertiary/aromatic N) is 3. The van der Waals surface area contributed by atoms with Gasteiger partial charge in [0.05, 0.1) is 22.8 Å². The number of hydrogen-bond donors (Lipinski definition) is 1. The highest BCUT2D eigenvalue weighted by Gasteiger charge is 2.38. The van der Waals surface area contributed by atoms with E-state index in [1.165, 1.54) is 34.6 Å². The van der Waals surface area contributed by atoms with Crippen LogP contribution < -0.4 is 5.32 Å². The second kappa shape index (κ2) is 9.66. The fraction of sp³-hybridized carbons (Fsp3) is 0.207. The number of hydrogen-bond acceptors (Lipinski definition) is 4. The average molecular weight is 499 g/mol. The van der Waals surface area contributed by atoms with Crippen LogP contribution in [0.2, 0.25) is 0 Å². The van der Waals surface area contributed by atoms with Gasteiger partial charge in [-0.15, -0.1) is 11.3 Å². The smallest absolute Gasteiger partial charge is 0.232 e. The predicted molar refractivity (Wildman–Crippen MR) is 143 cm³/mol. The Morgan fingerprint density at radius 2 is 1.83 bits per heavy atom. The number of halogens is 1. The molecule has 3 aromatic carbocycles. The molecule has 0 saturated heterocycles. The molecule has 5 aromatic rings. The number of rotatable bonds is 7. The zero-order valence-electron chi connectivity index (χ0n) is 20.4. The monoisotopic (exact) mass is 498 g/mol. The highest BCUT2D eigenvalue weighted by Crippen LogP contribution is 2.40. The number of aromatic nitrogens is 3. The highest BCUT2D eigenvalue weighted by molar-refractivity contribution is 7.13. The fourth-order valence-electron chi connectivity index (χ4n) is 4.51. The van der Waals surface area contributed by atoms with Crippen LogP contribution >= 0.6 is 11.3 Å². The van der Waals surface area contributed by atoms with Crippen molar-refractivity contribution in [2.45, 2.75) is 33.1 Å². The van der Waals surface area contributed by atoms with Crippen LogP contribution in [0, 0.1) is 18.2 Å². The first-order valence-electron chi connectivity index (χ1n) is 11.8. The van der Waals surface area contributed by atoms with Crippen LogP contribution in [-0.2, 0) is 11.2 Å². The molecule has 5 nitrogen and oxygen atoms in total. The summed E-state index contributed by atoms with van der Waals surface area (Å²) in [5.41, 5.74) is 4.41. The predicted octanol–water partition coefficient (Wildman–Crippen LogP) is 6.92. The van der Waals surface area contributed by atoms with Crippen LogP contribution in [0.1, 0.15) is 36.5 Å². The van der Waals surface area contributed by atoms with Crippen LogP contribution in [0.5, 0.6) is 0 Å². The van der Waals surface area contributed by atoms with E-state index >= 15 is 0 Å². The summed E-state index contributed by atoms with van der Waals surface area (Å²) in [6.07, 6.45) is 4.20. The second-order valence-electron chi connectivity index (χ2n) is 9.61. The molecule has 0 bridgehead atoms. The Bertz CT molecular complexity index is 1490. The summed E-state index contributed by atoms with van der Waals surface area (Å²) in [5.74, 6) is -0.454. The van der Waals surface area contributed by atoms with E-state index in [4.69, 9.17) is 0 Å². The molecule has 7 heteroatoms. The number of fused-ring (bicyclic) bond motifs is 1. The maximum Gasteiger partial charge on any atom is 0.232 e. The summed E-state index contributed by atoms with van der Waals surface area (Å²) < 4.78 is 15.2. The van der Waals surface area contributed by atoms with Crippen molar-refractivity contribution in [3.8, 4) is 5.69 Å². The molecule has 1 N–H and O–H groups in total. The van der Waals surface area contributed by atoms with Gasteiger partial charge in [-0.25, -0.2) is 14.1 Å². The molecular formula is C29H27FN4OS. The van der Waals surface area contributed by atoms with Gasteiger partial charge in [-0.3, -0.25) is 4.79 Å². The molecule has 0 aliphatic carbocycles. The molecular weight excluding hydrogens is 471 g/mol. The first kappa shape index (κ1) is 23.9. The van der Waals surface area contributed by atoms with E-state index in [-0.39, 0.29) is 17.6 Å². The van der Waals surface area contributed by atoms with Crippen molar-refractivity contribution in [2.75, 3.05) is 5.32 Å². The third kappa shape index (κ3) is 4.79. The Hall–Kier alpha value is -3.84. The number of carbonyl (C=O) groups is 1.